The summed E-state index contributed by atoms with van der Waals surface area (Å²) < 4.78 is 3.67. The molecule has 0 atom stereocenters. The average molecular weight is 960 g/mol. The summed E-state index contributed by atoms with van der Waals surface area (Å²) >= 11 is 1.86. The molecule has 1 radical (unpaired) electrons. The summed E-state index contributed by atoms with van der Waals surface area (Å²) in [4.78, 5) is 18.0. The molecule has 4 nitrogen and oxygen atoms in total. The summed E-state index contributed by atoms with van der Waals surface area (Å²) in [6.45, 7) is 14.9. The van der Waals surface area contributed by atoms with Crippen LogP contribution in [0.25, 0.3) is 80.7 Å². The predicted molar refractivity (Wildman–Crippen MR) is 244 cm³/mol. The van der Waals surface area contributed by atoms with Gasteiger partial charge in [-0.3, -0.25) is 9.78 Å². The molecule has 9 rings (SSSR count). The molecule has 9 aromatic rings. The van der Waals surface area contributed by atoms with Gasteiger partial charge in [0.2, 0.25) is 0 Å². The predicted octanol–water partition coefficient (Wildman–Crippen LogP) is 15.0. The number of nitrogens with zero attached hydrogens (tertiary/aromatic N) is 2. The van der Waals surface area contributed by atoms with Crippen LogP contribution in [0, 0.1) is 24.8 Å². The molecule has 0 fully saturated rings. The number of hydrogen-bond donors (Lipinski definition) is 1. The first kappa shape index (κ1) is 41.3. The van der Waals surface area contributed by atoms with Crippen molar-refractivity contribution in [3.63, 3.8) is 0 Å². The summed E-state index contributed by atoms with van der Waals surface area (Å²) in [5.74, 6) is 0.961. The van der Waals surface area contributed by atoms with Crippen molar-refractivity contribution in [2.45, 2.75) is 80.1 Å². The molecule has 6 heteroatoms. The van der Waals surface area contributed by atoms with Crippen LogP contribution < -0.4 is 0 Å². The van der Waals surface area contributed by atoms with E-state index in [1.54, 1.807) is 0 Å². The van der Waals surface area contributed by atoms with Crippen molar-refractivity contribution in [3.8, 4) is 21.7 Å². The van der Waals surface area contributed by atoms with Gasteiger partial charge in [0.05, 0.1) is 22.3 Å². The Morgan fingerprint density at radius 1 is 0.759 bits per heavy atom. The SMILES string of the molecule is CCC(CC)C(=O)/C=C(\O)C(CC)CC.Cc1c(-c2ccc3c(c2)c2cccc4c5ccccc5n3c42)sc2c(-c3[c-]c4ccccc4c(C(C)C)c3)nccc12.[Ir]. The molecule has 5 aromatic carbocycles. The van der Waals surface area contributed by atoms with Gasteiger partial charge in [-0.05, 0) is 79.3 Å². The fourth-order valence-corrected chi connectivity index (χ4v) is 10.1. The van der Waals surface area contributed by atoms with Gasteiger partial charge in [-0.15, -0.1) is 40.5 Å². The Kier molecular flexibility index (Phi) is 12.2. The van der Waals surface area contributed by atoms with E-state index in [0.29, 0.717) is 5.92 Å². The van der Waals surface area contributed by atoms with E-state index in [9.17, 15) is 9.90 Å². The standard InChI is InChI=1S/C39H27N2S.C13H24O2.Ir/c1-22(2)32-21-26(19-24-9-4-5-10-28(24)32)36-39-27(17-18-40-36)23(3)38(42-39)25-15-16-35-33(20-25)31-13-8-12-30-29-11-6-7-14-34(29)41(35)37(30)31;1-5-10(6-2)12(14)9-13(15)11(7-3)8-4;/h4-18,20-22H,1-3H3;9-11,14H,5-8H2,1-4H3;/q-1;;/b;12-9-;. The van der Waals surface area contributed by atoms with Crippen LogP contribution in [0.3, 0.4) is 0 Å². The van der Waals surface area contributed by atoms with Crippen LogP contribution in [0.15, 0.2) is 115 Å². The zero-order valence-corrected chi connectivity index (χ0v) is 37.7. The van der Waals surface area contributed by atoms with Crippen molar-refractivity contribution in [1.82, 2.24) is 9.38 Å². The largest absolute Gasteiger partial charge is 0.512 e. The Hall–Kier alpha value is -4.87. The number of aliphatic hydroxyl groups is 1. The fraction of sp³-hybridized carbons (Fsp3) is 0.269. The smallest absolute Gasteiger partial charge is 0.162 e. The van der Waals surface area contributed by atoms with Crippen LogP contribution in [0.4, 0.5) is 0 Å². The number of para-hydroxylation sites is 2. The number of benzene rings is 5. The minimum Gasteiger partial charge on any atom is -0.512 e. The third-order valence-electron chi connectivity index (χ3n) is 12.1. The molecule has 297 valence electrons. The third-order valence-corrected chi connectivity index (χ3v) is 13.5. The van der Waals surface area contributed by atoms with E-state index in [1.807, 2.05) is 45.2 Å². The van der Waals surface area contributed by atoms with E-state index in [2.05, 4.69) is 128 Å². The van der Waals surface area contributed by atoms with Crippen LogP contribution in [0.2, 0.25) is 0 Å². The summed E-state index contributed by atoms with van der Waals surface area (Å²) in [5, 5.41) is 18.7. The number of pyridine rings is 1. The molecule has 0 saturated heterocycles. The van der Waals surface area contributed by atoms with Gasteiger partial charge in [0, 0.05) is 81.0 Å². The summed E-state index contributed by atoms with van der Waals surface area (Å²) in [7, 11) is 0. The molecule has 0 aliphatic heterocycles. The molecule has 1 N–H and O–H groups in total. The Bertz CT molecular complexity index is 2940. The van der Waals surface area contributed by atoms with E-state index in [4.69, 9.17) is 4.98 Å². The number of rotatable bonds is 10. The molecule has 0 spiro atoms. The first-order chi connectivity index (χ1) is 27.7. The van der Waals surface area contributed by atoms with Crippen molar-refractivity contribution in [3.05, 3.63) is 132 Å². The van der Waals surface area contributed by atoms with Crippen molar-refractivity contribution in [2.75, 3.05) is 0 Å². The molecular formula is C52H51IrN2O2S-. The van der Waals surface area contributed by atoms with Gasteiger partial charge in [-0.1, -0.05) is 113 Å². The van der Waals surface area contributed by atoms with E-state index >= 15 is 0 Å². The number of carbonyl (C=O) groups excluding carboxylic acids is 1. The molecule has 0 saturated carbocycles. The molecule has 0 amide bonds. The van der Waals surface area contributed by atoms with Crippen LogP contribution in [-0.4, -0.2) is 20.3 Å². The topological polar surface area (TPSA) is 54.6 Å². The van der Waals surface area contributed by atoms with Gasteiger partial charge in [0.1, 0.15) is 0 Å². The average Bonchev–Trinajstić information content (AvgIpc) is 3.88. The van der Waals surface area contributed by atoms with Gasteiger partial charge in [-0.2, -0.15) is 0 Å². The number of aryl methyl sites for hydroxylation is 1. The number of aromatic nitrogens is 2. The Labute approximate surface area is 359 Å². The zero-order chi connectivity index (χ0) is 40.0. The molecular weight excluding hydrogens is 909 g/mol. The first-order valence-electron chi connectivity index (χ1n) is 20.6. The Morgan fingerprint density at radius 2 is 1.40 bits per heavy atom. The monoisotopic (exact) mass is 960 g/mol. The van der Waals surface area contributed by atoms with Crippen molar-refractivity contribution < 1.29 is 30.0 Å². The molecule has 0 unspecified atom stereocenters. The van der Waals surface area contributed by atoms with E-state index in [0.717, 1.165) is 42.3 Å². The quantitative estimate of drug-likeness (QED) is 0.0844. The molecule has 4 heterocycles. The summed E-state index contributed by atoms with van der Waals surface area (Å²) in [6.07, 6.45) is 6.87. The van der Waals surface area contributed by atoms with Crippen LogP contribution in [0.5, 0.6) is 0 Å². The van der Waals surface area contributed by atoms with Gasteiger partial charge in [0.25, 0.3) is 0 Å². The number of ketones is 1. The van der Waals surface area contributed by atoms with E-state index in [1.165, 1.54) is 81.2 Å². The number of aliphatic hydroxyl groups excluding tert-OH is 1. The maximum absolute atomic E-state index is 11.7. The molecule has 58 heavy (non-hydrogen) atoms. The molecule has 4 aromatic heterocycles. The number of allylic oxidation sites excluding steroid dienone is 2. The maximum atomic E-state index is 11.7. The molecule has 0 aliphatic carbocycles. The first-order valence-corrected chi connectivity index (χ1v) is 21.5. The Morgan fingerprint density at radius 3 is 2.10 bits per heavy atom. The number of thiophene rings is 1. The van der Waals surface area contributed by atoms with Gasteiger partial charge < -0.3 is 9.51 Å². The van der Waals surface area contributed by atoms with Gasteiger partial charge in [-0.25, -0.2) is 0 Å². The van der Waals surface area contributed by atoms with Gasteiger partial charge in [0.15, 0.2) is 5.78 Å². The minimum atomic E-state index is 0. The van der Waals surface area contributed by atoms with E-state index < -0.39 is 0 Å². The Balaban J connectivity index is 0.000000276. The molecule has 0 aliphatic rings. The summed E-state index contributed by atoms with van der Waals surface area (Å²) in [5.41, 5.74) is 9.86. The molecule has 0 bridgehead atoms. The van der Waals surface area contributed by atoms with E-state index in [-0.39, 0.29) is 43.5 Å². The van der Waals surface area contributed by atoms with Crippen molar-refractivity contribution >= 4 is 76.1 Å². The number of fused-ring (bicyclic) bond motifs is 8. The van der Waals surface area contributed by atoms with Crippen molar-refractivity contribution in [2.24, 2.45) is 11.8 Å². The van der Waals surface area contributed by atoms with Crippen molar-refractivity contribution in [1.29, 1.82) is 0 Å². The third kappa shape index (κ3) is 7.14. The second kappa shape index (κ2) is 17.2. The minimum absolute atomic E-state index is 0. The number of carbonyl (C=O) groups is 1. The van der Waals surface area contributed by atoms with Crippen LogP contribution in [0.1, 0.15) is 84.3 Å². The maximum Gasteiger partial charge on any atom is 0.162 e. The van der Waals surface area contributed by atoms with Crippen LogP contribution >= 0.6 is 11.3 Å². The summed E-state index contributed by atoms with van der Waals surface area (Å²) in [6, 6.07) is 39.3. The second-order valence-electron chi connectivity index (χ2n) is 15.7. The zero-order valence-electron chi connectivity index (χ0n) is 34.4. The fourth-order valence-electron chi connectivity index (χ4n) is 8.83. The van der Waals surface area contributed by atoms with Crippen LogP contribution in [-0.2, 0) is 24.9 Å². The number of hydrogen-bond acceptors (Lipinski definition) is 4. The van der Waals surface area contributed by atoms with Gasteiger partial charge >= 0.3 is 0 Å². The normalized spacial score (nSPS) is 12.2. The second-order valence-corrected chi connectivity index (χ2v) is 16.7.